The highest BCUT2D eigenvalue weighted by Crippen LogP contribution is 2.39. The molecular formula is C28H27NO6S. The molecule has 0 aliphatic carbocycles. The number of ether oxygens (including phenoxy) is 2. The molecule has 1 aliphatic rings. The third-order valence-corrected chi connectivity index (χ3v) is 7.76. The average Bonchev–Trinajstić information content (AvgIpc) is 2.91. The lowest BCUT2D eigenvalue weighted by Crippen LogP contribution is -2.39. The summed E-state index contributed by atoms with van der Waals surface area (Å²) in [7, 11) is -2.63. The maximum atomic E-state index is 13.8. The van der Waals surface area contributed by atoms with E-state index >= 15 is 0 Å². The predicted octanol–water partition coefficient (Wildman–Crippen LogP) is 5.30. The molecule has 0 spiro atoms. The maximum Gasteiger partial charge on any atom is 0.347 e. The second-order valence-electron chi connectivity index (χ2n) is 8.24. The lowest BCUT2D eigenvalue weighted by molar-refractivity contribution is 0.0682. The first kappa shape index (κ1) is 25.2. The summed E-state index contributed by atoms with van der Waals surface area (Å²) in [6.45, 7) is 2.08. The van der Waals surface area contributed by atoms with Gasteiger partial charge in [0.2, 0.25) is 5.78 Å². The number of sulfonamides is 1. The minimum absolute atomic E-state index is 0.0195. The van der Waals surface area contributed by atoms with Crippen LogP contribution in [0.1, 0.15) is 52.5 Å². The molecule has 0 amide bonds. The van der Waals surface area contributed by atoms with Crippen LogP contribution in [0.4, 0.5) is 0 Å². The molecule has 3 aromatic rings. The first-order valence-corrected chi connectivity index (χ1v) is 13.2. The fraction of sp³-hybridized carbons (Fsp3) is 0.214. The standard InChI is InChI=1S/C28H27NO6S/c1-3-4-12-19-29-25(26(30)20-13-6-5-7-14-20)27(22-16-9-11-18-24(22)36(29,32)33)35-28(31)21-15-8-10-17-23(21)34-2/h5-11,13-18H,3-4,12,19H2,1-2H3. The van der Waals surface area contributed by atoms with Crippen LogP contribution in [0.2, 0.25) is 0 Å². The highest BCUT2D eigenvalue weighted by Gasteiger charge is 2.41. The van der Waals surface area contributed by atoms with Gasteiger partial charge in [-0.15, -0.1) is 0 Å². The SMILES string of the molecule is CCCCCN1C(C(=O)c2ccccc2)=C(OC(=O)c2ccccc2OC)c2ccccc2S1(=O)=O. The van der Waals surface area contributed by atoms with E-state index in [1.165, 1.54) is 13.2 Å². The van der Waals surface area contributed by atoms with E-state index in [4.69, 9.17) is 9.47 Å². The van der Waals surface area contributed by atoms with Crippen LogP contribution in [-0.4, -0.2) is 38.1 Å². The molecule has 0 fully saturated rings. The molecule has 1 aliphatic heterocycles. The fourth-order valence-electron chi connectivity index (χ4n) is 4.10. The summed E-state index contributed by atoms with van der Waals surface area (Å²) < 4.78 is 39.7. The van der Waals surface area contributed by atoms with Crippen molar-refractivity contribution in [1.82, 2.24) is 4.31 Å². The van der Waals surface area contributed by atoms with E-state index in [0.29, 0.717) is 12.2 Å². The number of methoxy groups -OCH3 is 1. The number of hydrogen-bond donors (Lipinski definition) is 0. The molecule has 0 bridgehead atoms. The number of allylic oxidation sites excluding steroid dienone is 1. The third kappa shape index (κ3) is 4.77. The molecule has 7 nitrogen and oxygen atoms in total. The van der Waals surface area contributed by atoms with Crippen molar-refractivity contribution < 1.29 is 27.5 Å². The Bertz CT molecular complexity index is 1410. The van der Waals surface area contributed by atoms with E-state index in [1.54, 1.807) is 72.8 Å². The van der Waals surface area contributed by atoms with Gasteiger partial charge >= 0.3 is 5.97 Å². The van der Waals surface area contributed by atoms with Crippen molar-refractivity contribution in [3.05, 3.63) is 101 Å². The van der Waals surface area contributed by atoms with Crippen LogP contribution >= 0.6 is 0 Å². The van der Waals surface area contributed by atoms with E-state index in [9.17, 15) is 18.0 Å². The Morgan fingerprint density at radius 3 is 2.25 bits per heavy atom. The van der Waals surface area contributed by atoms with Crippen LogP contribution in [0.3, 0.4) is 0 Å². The zero-order chi connectivity index (χ0) is 25.7. The summed E-state index contributed by atoms with van der Waals surface area (Å²) in [5, 5.41) is 0. The minimum atomic E-state index is -4.07. The lowest BCUT2D eigenvalue weighted by Gasteiger charge is -2.33. The molecule has 0 saturated heterocycles. The van der Waals surface area contributed by atoms with Gasteiger partial charge in [0.05, 0.1) is 12.0 Å². The third-order valence-electron chi connectivity index (χ3n) is 5.90. The normalized spacial score (nSPS) is 14.2. The molecule has 4 rings (SSSR count). The molecule has 186 valence electrons. The van der Waals surface area contributed by atoms with Gasteiger partial charge in [-0.2, -0.15) is 0 Å². The van der Waals surface area contributed by atoms with E-state index in [0.717, 1.165) is 17.1 Å². The number of Topliss-reactive ketones (excluding diaryl/α,β-unsaturated/α-hetero) is 1. The molecule has 0 atom stereocenters. The van der Waals surface area contributed by atoms with E-state index in [1.807, 2.05) is 6.92 Å². The van der Waals surface area contributed by atoms with Gasteiger partial charge in [0, 0.05) is 17.7 Å². The Morgan fingerprint density at radius 1 is 0.861 bits per heavy atom. The summed E-state index contributed by atoms with van der Waals surface area (Å²) in [6, 6.07) is 21.2. The van der Waals surface area contributed by atoms with Crippen LogP contribution in [0.25, 0.3) is 5.76 Å². The summed E-state index contributed by atoms with van der Waals surface area (Å²) in [4.78, 5) is 27.1. The molecule has 3 aromatic carbocycles. The Hall–Kier alpha value is -3.91. The van der Waals surface area contributed by atoms with Gasteiger partial charge in [-0.1, -0.05) is 74.4 Å². The molecule has 0 aromatic heterocycles. The maximum absolute atomic E-state index is 13.8. The smallest absolute Gasteiger partial charge is 0.347 e. The molecule has 0 radical (unpaired) electrons. The highest BCUT2D eigenvalue weighted by molar-refractivity contribution is 7.89. The number of rotatable bonds is 9. The van der Waals surface area contributed by atoms with Crippen molar-refractivity contribution in [2.24, 2.45) is 0 Å². The van der Waals surface area contributed by atoms with Crippen molar-refractivity contribution in [3.63, 3.8) is 0 Å². The molecule has 36 heavy (non-hydrogen) atoms. The number of para-hydroxylation sites is 1. The number of fused-ring (bicyclic) bond motifs is 1. The van der Waals surface area contributed by atoms with Crippen LogP contribution in [0.5, 0.6) is 5.75 Å². The summed E-state index contributed by atoms with van der Waals surface area (Å²) in [6.07, 6.45) is 2.18. The van der Waals surface area contributed by atoms with Crippen molar-refractivity contribution in [3.8, 4) is 5.75 Å². The Balaban J connectivity index is 1.94. The van der Waals surface area contributed by atoms with Crippen LogP contribution < -0.4 is 4.74 Å². The van der Waals surface area contributed by atoms with Crippen LogP contribution in [-0.2, 0) is 14.8 Å². The second kappa shape index (κ2) is 10.8. The molecule has 0 N–H and O–H groups in total. The molecule has 0 saturated carbocycles. The Kier molecular flexibility index (Phi) is 7.55. The zero-order valence-electron chi connectivity index (χ0n) is 20.1. The topological polar surface area (TPSA) is 90.0 Å². The Labute approximate surface area is 211 Å². The van der Waals surface area contributed by atoms with Gasteiger partial charge in [-0.3, -0.25) is 9.10 Å². The van der Waals surface area contributed by atoms with Crippen LogP contribution in [0.15, 0.2) is 89.5 Å². The molecule has 1 heterocycles. The number of ketones is 1. The quantitative estimate of drug-likeness (QED) is 0.223. The average molecular weight is 506 g/mol. The van der Waals surface area contributed by atoms with Crippen molar-refractivity contribution in [1.29, 1.82) is 0 Å². The zero-order valence-corrected chi connectivity index (χ0v) is 21.0. The number of hydrogen-bond acceptors (Lipinski definition) is 6. The van der Waals surface area contributed by atoms with Gasteiger partial charge in [0.15, 0.2) is 5.76 Å². The summed E-state index contributed by atoms with van der Waals surface area (Å²) in [5.74, 6) is -1.10. The Morgan fingerprint density at radius 2 is 1.53 bits per heavy atom. The number of carbonyl (C=O) groups is 2. The van der Waals surface area contributed by atoms with Crippen molar-refractivity contribution in [2.75, 3.05) is 13.7 Å². The van der Waals surface area contributed by atoms with Gasteiger partial charge in [0.25, 0.3) is 10.0 Å². The largest absolute Gasteiger partial charge is 0.496 e. The number of unbranched alkanes of at least 4 members (excludes halogenated alkanes) is 2. The van der Waals surface area contributed by atoms with Gasteiger partial charge in [0.1, 0.15) is 17.0 Å². The number of carbonyl (C=O) groups excluding carboxylic acids is 2. The summed E-state index contributed by atoms with van der Waals surface area (Å²) >= 11 is 0. The fourth-order valence-corrected chi connectivity index (χ4v) is 5.81. The highest BCUT2D eigenvalue weighted by atomic mass is 32.2. The lowest BCUT2D eigenvalue weighted by atomic mass is 10.0. The van der Waals surface area contributed by atoms with Gasteiger partial charge < -0.3 is 9.47 Å². The minimum Gasteiger partial charge on any atom is -0.496 e. The summed E-state index contributed by atoms with van der Waals surface area (Å²) in [5.41, 5.74) is 0.418. The predicted molar refractivity (Wildman–Crippen MR) is 136 cm³/mol. The van der Waals surface area contributed by atoms with Gasteiger partial charge in [-0.25, -0.2) is 13.2 Å². The molecular weight excluding hydrogens is 478 g/mol. The van der Waals surface area contributed by atoms with Crippen molar-refractivity contribution in [2.45, 2.75) is 31.1 Å². The van der Waals surface area contributed by atoms with E-state index in [-0.39, 0.29) is 39.6 Å². The number of benzene rings is 3. The van der Waals surface area contributed by atoms with E-state index < -0.39 is 21.8 Å². The second-order valence-corrected chi connectivity index (χ2v) is 10.1. The first-order chi connectivity index (χ1) is 17.4. The first-order valence-electron chi connectivity index (χ1n) is 11.7. The molecule has 0 unspecified atom stereocenters. The monoisotopic (exact) mass is 505 g/mol. The van der Waals surface area contributed by atoms with Crippen LogP contribution in [0, 0.1) is 0 Å². The van der Waals surface area contributed by atoms with Gasteiger partial charge in [-0.05, 0) is 30.7 Å². The number of esters is 1. The number of nitrogens with zero attached hydrogens (tertiary/aromatic N) is 1. The van der Waals surface area contributed by atoms with Crippen molar-refractivity contribution >= 4 is 27.5 Å². The molecule has 8 heteroatoms. The van der Waals surface area contributed by atoms with E-state index in [2.05, 4.69) is 0 Å².